The Morgan fingerprint density at radius 2 is 2.12 bits per heavy atom. The van der Waals surface area contributed by atoms with Gasteiger partial charge in [0.15, 0.2) is 0 Å². The van der Waals surface area contributed by atoms with E-state index >= 15 is 0 Å². The van der Waals surface area contributed by atoms with Crippen molar-refractivity contribution in [2.75, 3.05) is 7.11 Å². The molecule has 1 aromatic heterocycles. The van der Waals surface area contributed by atoms with Crippen LogP contribution in [0.4, 0.5) is 0 Å². The van der Waals surface area contributed by atoms with Crippen LogP contribution >= 0.6 is 0 Å². The quantitative estimate of drug-likeness (QED) is 0.758. The summed E-state index contributed by atoms with van der Waals surface area (Å²) >= 11 is 0. The van der Waals surface area contributed by atoms with Gasteiger partial charge in [-0.3, -0.25) is 4.79 Å². The van der Waals surface area contributed by atoms with Crippen molar-refractivity contribution in [3.8, 4) is 0 Å². The summed E-state index contributed by atoms with van der Waals surface area (Å²) in [7, 11) is 1.43. The third-order valence-electron chi connectivity index (χ3n) is 3.01. The van der Waals surface area contributed by atoms with Gasteiger partial charge in [0, 0.05) is 24.2 Å². The lowest BCUT2D eigenvalue weighted by Gasteiger charge is -2.07. The van der Waals surface area contributed by atoms with Crippen molar-refractivity contribution >= 4 is 16.9 Å². The SMILES string of the molecule is COC(=O)CCCn1c(C)cc2ccccc21. The van der Waals surface area contributed by atoms with E-state index in [1.807, 2.05) is 12.1 Å². The van der Waals surface area contributed by atoms with E-state index in [0.717, 1.165) is 13.0 Å². The maximum Gasteiger partial charge on any atom is 0.305 e. The Hall–Kier alpha value is -1.77. The number of aryl methyl sites for hydroxylation is 2. The van der Waals surface area contributed by atoms with E-state index in [9.17, 15) is 4.79 Å². The van der Waals surface area contributed by atoms with Crippen LogP contribution in [-0.4, -0.2) is 17.6 Å². The zero-order chi connectivity index (χ0) is 12.3. The van der Waals surface area contributed by atoms with Gasteiger partial charge in [-0.2, -0.15) is 0 Å². The minimum atomic E-state index is -0.140. The highest BCUT2D eigenvalue weighted by atomic mass is 16.5. The molecule has 0 aliphatic rings. The Bertz CT molecular complexity index is 528. The van der Waals surface area contributed by atoms with Crippen LogP contribution in [0.15, 0.2) is 30.3 Å². The topological polar surface area (TPSA) is 31.2 Å². The summed E-state index contributed by atoms with van der Waals surface area (Å²) in [5.41, 5.74) is 2.46. The van der Waals surface area contributed by atoms with E-state index in [1.54, 1.807) is 0 Å². The molecule has 0 radical (unpaired) electrons. The molecule has 0 bridgehead atoms. The molecule has 2 aromatic rings. The van der Waals surface area contributed by atoms with Gasteiger partial charge in [-0.25, -0.2) is 0 Å². The van der Waals surface area contributed by atoms with Gasteiger partial charge in [-0.15, -0.1) is 0 Å². The lowest BCUT2D eigenvalue weighted by Crippen LogP contribution is -2.05. The smallest absolute Gasteiger partial charge is 0.305 e. The summed E-state index contributed by atoms with van der Waals surface area (Å²) < 4.78 is 6.89. The van der Waals surface area contributed by atoms with E-state index in [-0.39, 0.29) is 5.97 Å². The van der Waals surface area contributed by atoms with Gasteiger partial charge in [-0.05, 0) is 30.9 Å². The number of esters is 1. The molecule has 0 saturated heterocycles. The number of rotatable bonds is 4. The Morgan fingerprint density at radius 3 is 2.88 bits per heavy atom. The largest absolute Gasteiger partial charge is 0.469 e. The van der Waals surface area contributed by atoms with Gasteiger partial charge in [0.05, 0.1) is 7.11 Å². The molecule has 3 heteroatoms. The Kier molecular flexibility index (Phi) is 3.47. The van der Waals surface area contributed by atoms with Gasteiger partial charge in [0.25, 0.3) is 0 Å². The van der Waals surface area contributed by atoms with Gasteiger partial charge in [0.1, 0.15) is 0 Å². The number of hydrogen-bond acceptors (Lipinski definition) is 2. The molecule has 3 nitrogen and oxygen atoms in total. The molecule has 0 fully saturated rings. The summed E-state index contributed by atoms with van der Waals surface area (Å²) in [4.78, 5) is 11.1. The van der Waals surface area contributed by atoms with Crippen LogP contribution in [0.5, 0.6) is 0 Å². The number of nitrogens with zero attached hydrogens (tertiary/aromatic N) is 1. The second-order valence-corrected chi connectivity index (χ2v) is 4.18. The van der Waals surface area contributed by atoms with Crippen LogP contribution in [-0.2, 0) is 16.1 Å². The molecule has 0 unspecified atom stereocenters. The molecule has 1 aromatic carbocycles. The Morgan fingerprint density at radius 1 is 1.35 bits per heavy atom. The van der Waals surface area contributed by atoms with Crippen LogP contribution in [0.3, 0.4) is 0 Å². The standard InChI is InChI=1S/C14H17NO2/c1-11-10-12-6-3-4-7-13(12)15(11)9-5-8-14(16)17-2/h3-4,6-7,10H,5,8-9H2,1-2H3. The number of para-hydroxylation sites is 1. The first-order chi connectivity index (χ1) is 8.22. The minimum Gasteiger partial charge on any atom is -0.469 e. The zero-order valence-corrected chi connectivity index (χ0v) is 10.3. The molecule has 0 atom stereocenters. The van der Waals surface area contributed by atoms with E-state index in [0.29, 0.717) is 6.42 Å². The third kappa shape index (κ3) is 2.49. The first-order valence-corrected chi connectivity index (χ1v) is 5.84. The average Bonchev–Trinajstić information content (AvgIpc) is 2.66. The second kappa shape index (κ2) is 5.04. The predicted molar refractivity (Wildman–Crippen MR) is 67.9 cm³/mol. The number of hydrogen-bond donors (Lipinski definition) is 0. The number of ether oxygens (including phenoxy) is 1. The summed E-state index contributed by atoms with van der Waals surface area (Å²) in [6.45, 7) is 2.95. The molecule has 17 heavy (non-hydrogen) atoms. The van der Waals surface area contributed by atoms with Gasteiger partial charge >= 0.3 is 5.97 Å². The predicted octanol–water partition coefficient (Wildman–Crippen LogP) is 2.90. The molecule has 0 spiro atoms. The molecular weight excluding hydrogens is 214 g/mol. The number of benzene rings is 1. The first-order valence-electron chi connectivity index (χ1n) is 5.84. The lowest BCUT2D eigenvalue weighted by molar-refractivity contribution is -0.140. The normalized spacial score (nSPS) is 10.7. The van der Waals surface area contributed by atoms with E-state index in [4.69, 9.17) is 0 Å². The number of methoxy groups -OCH3 is 1. The summed E-state index contributed by atoms with van der Waals surface area (Å²) in [6, 6.07) is 10.5. The highest BCUT2D eigenvalue weighted by Crippen LogP contribution is 2.19. The molecule has 2 rings (SSSR count). The molecule has 0 aliphatic heterocycles. The molecule has 0 saturated carbocycles. The monoisotopic (exact) mass is 231 g/mol. The van der Waals surface area contributed by atoms with Gasteiger partial charge in [0.2, 0.25) is 0 Å². The van der Waals surface area contributed by atoms with E-state index < -0.39 is 0 Å². The molecule has 90 valence electrons. The number of carbonyl (C=O) groups excluding carboxylic acids is 1. The number of carbonyl (C=O) groups is 1. The molecule has 0 amide bonds. The van der Waals surface area contributed by atoms with Crippen molar-refractivity contribution in [3.63, 3.8) is 0 Å². The Balaban J connectivity index is 2.12. The van der Waals surface area contributed by atoms with Crippen LogP contribution in [0.2, 0.25) is 0 Å². The van der Waals surface area contributed by atoms with Crippen molar-refractivity contribution in [1.29, 1.82) is 0 Å². The van der Waals surface area contributed by atoms with Crippen LogP contribution < -0.4 is 0 Å². The van der Waals surface area contributed by atoms with Crippen molar-refractivity contribution in [1.82, 2.24) is 4.57 Å². The highest BCUT2D eigenvalue weighted by molar-refractivity contribution is 5.81. The minimum absolute atomic E-state index is 0.140. The number of fused-ring (bicyclic) bond motifs is 1. The summed E-state index contributed by atoms with van der Waals surface area (Å²) in [5, 5.41) is 1.25. The summed E-state index contributed by atoms with van der Waals surface area (Å²) in [6.07, 6.45) is 1.29. The summed E-state index contributed by atoms with van der Waals surface area (Å²) in [5.74, 6) is -0.140. The van der Waals surface area contributed by atoms with Crippen LogP contribution in [0.1, 0.15) is 18.5 Å². The van der Waals surface area contributed by atoms with E-state index in [1.165, 1.54) is 23.7 Å². The van der Waals surface area contributed by atoms with E-state index in [2.05, 4.69) is 34.4 Å². The molecular formula is C14H17NO2. The molecule has 1 heterocycles. The van der Waals surface area contributed by atoms with Crippen molar-refractivity contribution in [3.05, 3.63) is 36.0 Å². The zero-order valence-electron chi connectivity index (χ0n) is 10.3. The molecule has 0 N–H and O–H groups in total. The fourth-order valence-corrected chi connectivity index (χ4v) is 2.13. The van der Waals surface area contributed by atoms with Crippen molar-refractivity contribution in [2.24, 2.45) is 0 Å². The molecule has 0 aliphatic carbocycles. The fourth-order valence-electron chi connectivity index (χ4n) is 2.13. The fraction of sp³-hybridized carbons (Fsp3) is 0.357. The lowest BCUT2D eigenvalue weighted by atomic mass is 10.2. The Labute approximate surface area is 101 Å². The maximum absolute atomic E-state index is 11.1. The van der Waals surface area contributed by atoms with Gasteiger partial charge < -0.3 is 9.30 Å². The van der Waals surface area contributed by atoms with Crippen molar-refractivity contribution < 1.29 is 9.53 Å². The van der Waals surface area contributed by atoms with Crippen molar-refractivity contribution in [2.45, 2.75) is 26.3 Å². The number of aromatic nitrogens is 1. The average molecular weight is 231 g/mol. The second-order valence-electron chi connectivity index (χ2n) is 4.18. The highest BCUT2D eigenvalue weighted by Gasteiger charge is 2.06. The third-order valence-corrected chi connectivity index (χ3v) is 3.01. The first kappa shape index (κ1) is 11.7. The van der Waals surface area contributed by atoms with Gasteiger partial charge in [-0.1, -0.05) is 18.2 Å². The van der Waals surface area contributed by atoms with Crippen LogP contribution in [0, 0.1) is 6.92 Å². The van der Waals surface area contributed by atoms with Crippen LogP contribution in [0.25, 0.3) is 10.9 Å². The maximum atomic E-state index is 11.1.